The largest absolute Gasteiger partial charge is 0.352 e. The number of carbonyl (C=O) groups excluding carboxylic acids is 1. The predicted octanol–water partition coefficient (Wildman–Crippen LogP) is 1.63. The number of carbonyl (C=O) groups is 1. The molecule has 0 atom stereocenters. The summed E-state index contributed by atoms with van der Waals surface area (Å²) in [7, 11) is 0. The Morgan fingerprint density at radius 3 is 2.48 bits per heavy atom. The van der Waals surface area contributed by atoms with Crippen molar-refractivity contribution in [2.24, 2.45) is 0 Å². The Kier molecular flexibility index (Phi) is 4.26. The fourth-order valence-electron chi connectivity index (χ4n) is 3.56. The molecule has 6 heteroatoms. The van der Waals surface area contributed by atoms with Crippen LogP contribution in [0.5, 0.6) is 0 Å². The summed E-state index contributed by atoms with van der Waals surface area (Å²) in [6.07, 6.45) is 1.97. The second kappa shape index (κ2) is 6.70. The summed E-state index contributed by atoms with van der Waals surface area (Å²) >= 11 is 0. The van der Waals surface area contributed by atoms with Crippen LogP contribution < -0.4 is 9.80 Å². The molecule has 2 aromatic rings. The van der Waals surface area contributed by atoms with Crippen LogP contribution in [-0.2, 0) is 17.8 Å². The molecule has 2 aliphatic heterocycles. The minimum absolute atomic E-state index is 0.729. The lowest BCUT2D eigenvalue weighted by atomic mass is 10.00. The third kappa shape index (κ3) is 3.29. The summed E-state index contributed by atoms with van der Waals surface area (Å²) in [5.41, 5.74) is 3.80. The summed E-state index contributed by atoms with van der Waals surface area (Å²) in [6, 6.07) is 10.7. The number of nitrogens with zero attached hydrogens (tertiary/aromatic N) is 5. The van der Waals surface area contributed by atoms with E-state index in [0.717, 1.165) is 69.6 Å². The third-order valence-electron chi connectivity index (χ3n) is 5.03. The summed E-state index contributed by atoms with van der Waals surface area (Å²) in [5.74, 6) is 1.77. The second-order valence-corrected chi connectivity index (χ2v) is 6.74. The fourth-order valence-corrected chi connectivity index (χ4v) is 3.56. The summed E-state index contributed by atoms with van der Waals surface area (Å²) in [5, 5.41) is 0. The number of piperazine rings is 1. The molecular weight excluding hydrogens is 314 g/mol. The summed E-state index contributed by atoms with van der Waals surface area (Å²) in [6.45, 7) is 6.92. The topological polar surface area (TPSA) is 52.6 Å². The first-order valence-corrected chi connectivity index (χ1v) is 8.84. The number of fused-ring (bicyclic) bond motifs is 1. The Hall–Kier alpha value is -2.63. The van der Waals surface area contributed by atoms with Gasteiger partial charge in [0, 0.05) is 51.0 Å². The zero-order chi connectivity index (χ0) is 17.2. The lowest BCUT2D eigenvalue weighted by Crippen LogP contribution is -2.46. The predicted molar refractivity (Wildman–Crippen MR) is 97.8 cm³/mol. The number of benzene rings is 1. The lowest BCUT2D eigenvalue weighted by Gasteiger charge is -2.34. The average molecular weight is 337 g/mol. The molecular formula is C19H23N5O. The Bertz CT molecular complexity index is 770. The number of rotatable bonds is 3. The molecule has 0 spiro atoms. The van der Waals surface area contributed by atoms with Crippen LogP contribution in [0.1, 0.15) is 16.8 Å². The fraction of sp³-hybridized carbons (Fsp3) is 0.421. The first-order valence-electron chi connectivity index (χ1n) is 8.84. The standard InChI is InChI=1S/C19H23N5O/c1-15-12-18(24-7-6-16-4-2-3-5-17(16)13-24)21-19(20-15)23-10-8-22(14-25)9-11-23/h2-5,12,14H,6-11,13H2,1H3. The number of aromatic nitrogens is 2. The average Bonchev–Trinajstić information content (AvgIpc) is 2.67. The maximum Gasteiger partial charge on any atom is 0.227 e. The molecule has 1 aromatic heterocycles. The van der Waals surface area contributed by atoms with Gasteiger partial charge in [0.1, 0.15) is 5.82 Å². The van der Waals surface area contributed by atoms with Gasteiger partial charge in [-0.25, -0.2) is 4.98 Å². The van der Waals surface area contributed by atoms with Gasteiger partial charge in [0.25, 0.3) is 0 Å². The minimum Gasteiger partial charge on any atom is -0.352 e. The molecule has 1 fully saturated rings. The highest BCUT2D eigenvalue weighted by Gasteiger charge is 2.21. The van der Waals surface area contributed by atoms with Crippen molar-refractivity contribution < 1.29 is 4.79 Å². The van der Waals surface area contributed by atoms with E-state index < -0.39 is 0 Å². The van der Waals surface area contributed by atoms with Gasteiger partial charge in [0.05, 0.1) is 0 Å². The second-order valence-electron chi connectivity index (χ2n) is 6.74. The normalized spacial score (nSPS) is 17.4. The van der Waals surface area contributed by atoms with E-state index in [0.29, 0.717) is 0 Å². The van der Waals surface area contributed by atoms with Gasteiger partial charge in [0.2, 0.25) is 12.4 Å². The Balaban J connectivity index is 1.55. The van der Waals surface area contributed by atoms with Gasteiger partial charge in [0.15, 0.2) is 0 Å². The number of anilines is 2. The molecule has 130 valence electrons. The first-order chi connectivity index (χ1) is 12.2. The van der Waals surface area contributed by atoms with E-state index in [4.69, 9.17) is 4.98 Å². The highest BCUT2D eigenvalue weighted by Crippen LogP contribution is 2.25. The number of hydrogen-bond acceptors (Lipinski definition) is 5. The van der Waals surface area contributed by atoms with E-state index in [1.807, 2.05) is 6.92 Å². The van der Waals surface area contributed by atoms with Crippen LogP contribution in [0.4, 0.5) is 11.8 Å². The number of amides is 1. The van der Waals surface area contributed by atoms with Gasteiger partial charge in [-0.15, -0.1) is 0 Å². The molecule has 3 heterocycles. The van der Waals surface area contributed by atoms with Gasteiger partial charge < -0.3 is 14.7 Å². The SMILES string of the molecule is Cc1cc(N2CCc3ccccc3C2)nc(N2CCN(C=O)CC2)n1. The van der Waals surface area contributed by atoms with Crippen molar-refractivity contribution in [3.63, 3.8) is 0 Å². The minimum atomic E-state index is 0.729. The molecule has 0 N–H and O–H groups in total. The van der Waals surface area contributed by atoms with Crippen LogP contribution in [0, 0.1) is 6.92 Å². The maximum atomic E-state index is 10.9. The third-order valence-corrected chi connectivity index (χ3v) is 5.03. The van der Waals surface area contributed by atoms with Crippen molar-refractivity contribution in [1.82, 2.24) is 14.9 Å². The van der Waals surface area contributed by atoms with Crippen LogP contribution in [0.3, 0.4) is 0 Å². The molecule has 0 radical (unpaired) electrons. The molecule has 1 amide bonds. The molecule has 25 heavy (non-hydrogen) atoms. The molecule has 2 aliphatic rings. The van der Waals surface area contributed by atoms with Crippen molar-refractivity contribution >= 4 is 18.2 Å². The van der Waals surface area contributed by atoms with Crippen LogP contribution in [-0.4, -0.2) is 54.0 Å². The van der Waals surface area contributed by atoms with Crippen LogP contribution in [0.2, 0.25) is 0 Å². The quantitative estimate of drug-likeness (QED) is 0.797. The summed E-state index contributed by atoms with van der Waals surface area (Å²) in [4.78, 5) is 26.7. The van der Waals surface area contributed by atoms with E-state index >= 15 is 0 Å². The summed E-state index contributed by atoms with van der Waals surface area (Å²) < 4.78 is 0. The lowest BCUT2D eigenvalue weighted by molar-refractivity contribution is -0.118. The van der Waals surface area contributed by atoms with E-state index in [9.17, 15) is 4.79 Å². The Labute approximate surface area is 148 Å². The smallest absolute Gasteiger partial charge is 0.227 e. The van der Waals surface area contributed by atoms with Gasteiger partial charge in [-0.3, -0.25) is 4.79 Å². The molecule has 0 unspecified atom stereocenters. The highest BCUT2D eigenvalue weighted by molar-refractivity contribution is 5.51. The number of hydrogen-bond donors (Lipinski definition) is 0. The Morgan fingerprint density at radius 2 is 1.72 bits per heavy atom. The first kappa shape index (κ1) is 15.9. The molecule has 4 rings (SSSR count). The van der Waals surface area contributed by atoms with Gasteiger partial charge >= 0.3 is 0 Å². The molecule has 0 bridgehead atoms. The highest BCUT2D eigenvalue weighted by atomic mass is 16.1. The molecule has 6 nitrogen and oxygen atoms in total. The molecule has 0 aliphatic carbocycles. The zero-order valence-electron chi connectivity index (χ0n) is 14.6. The van der Waals surface area contributed by atoms with Crippen molar-refractivity contribution in [2.45, 2.75) is 19.9 Å². The van der Waals surface area contributed by atoms with Crippen LogP contribution in [0.25, 0.3) is 0 Å². The number of aryl methyl sites for hydroxylation is 1. The van der Waals surface area contributed by atoms with Crippen molar-refractivity contribution in [2.75, 3.05) is 42.5 Å². The zero-order valence-corrected chi connectivity index (χ0v) is 14.6. The maximum absolute atomic E-state index is 10.9. The van der Waals surface area contributed by atoms with Crippen molar-refractivity contribution in [3.05, 3.63) is 47.2 Å². The molecule has 1 aromatic carbocycles. The van der Waals surface area contributed by atoms with Crippen LogP contribution >= 0.6 is 0 Å². The van der Waals surface area contributed by atoms with Crippen LogP contribution in [0.15, 0.2) is 30.3 Å². The van der Waals surface area contributed by atoms with Crippen molar-refractivity contribution in [3.8, 4) is 0 Å². The van der Waals surface area contributed by atoms with E-state index in [1.54, 1.807) is 4.90 Å². The van der Waals surface area contributed by atoms with Gasteiger partial charge in [-0.1, -0.05) is 24.3 Å². The molecule has 1 saturated heterocycles. The van der Waals surface area contributed by atoms with E-state index in [-0.39, 0.29) is 0 Å². The van der Waals surface area contributed by atoms with E-state index in [2.05, 4.69) is 45.1 Å². The Morgan fingerprint density at radius 1 is 0.960 bits per heavy atom. The monoisotopic (exact) mass is 337 g/mol. The van der Waals surface area contributed by atoms with E-state index in [1.165, 1.54) is 11.1 Å². The van der Waals surface area contributed by atoms with Gasteiger partial charge in [-0.2, -0.15) is 4.98 Å². The molecule has 0 saturated carbocycles. The van der Waals surface area contributed by atoms with Crippen molar-refractivity contribution in [1.29, 1.82) is 0 Å². The van der Waals surface area contributed by atoms with Gasteiger partial charge in [-0.05, 0) is 24.5 Å².